The van der Waals surface area contributed by atoms with Crippen LogP contribution in [-0.2, 0) is 0 Å². The van der Waals surface area contributed by atoms with Gasteiger partial charge in [-0.05, 0) is 12.3 Å². The lowest BCUT2D eigenvalue weighted by molar-refractivity contribution is 0.176. The van der Waals surface area contributed by atoms with Crippen LogP contribution in [0.5, 0.6) is 0 Å². The maximum Gasteiger partial charge on any atom is 0.135 e. The SMILES string of the molecule is CCCC(O)CNc1ncnc(N)c1C(C)C. The van der Waals surface area contributed by atoms with Gasteiger partial charge < -0.3 is 16.2 Å². The molecule has 0 aliphatic carbocycles. The maximum atomic E-state index is 9.67. The number of nitrogens with one attached hydrogen (secondary N) is 1. The van der Waals surface area contributed by atoms with Gasteiger partial charge in [0.1, 0.15) is 18.0 Å². The minimum Gasteiger partial charge on any atom is -0.391 e. The molecular weight excluding hydrogens is 216 g/mol. The zero-order valence-electron chi connectivity index (χ0n) is 10.8. The third-order valence-corrected chi connectivity index (χ3v) is 2.62. The summed E-state index contributed by atoms with van der Waals surface area (Å²) in [5.74, 6) is 1.48. The quantitative estimate of drug-likeness (QED) is 0.703. The minimum absolute atomic E-state index is 0.252. The Morgan fingerprint density at radius 1 is 1.41 bits per heavy atom. The van der Waals surface area contributed by atoms with Gasteiger partial charge >= 0.3 is 0 Å². The predicted octanol–water partition coefficient (Wildman–Crippen LogP) is 1.76. The third-order valence-electron chi connectivity index (χ3n) is 2.62. The van der Waals surface area contributed by atoms with E-state index in [1.807, 2.05) is 20.8 Å². The van der Waals surface area contributed by atoms with Gasteiger partial charge in [0.2, 0.25) is 0 Å². The fraction of sp³-hybridized carbons (Fsp3) is 0.667. The molecule has 0 radical (unpaired) electrons. The Morgan fingerprint density at radius 3 is 2.71 bits per heavy atom. The lowest BCUT2D eigenvalue weighted by Gasteiger charge is -2.16. The van der Waals surface area contributed by atoms with Crippen LogP contribution in [0.25, 0.3) is 0 Å². The molecule has 0 bridgehead atoms. The molecule has 4 N–H and O–H groups in total. The first-order valence-corrected chi connectivity index (χ1v) is 6.08. The summed E-state index contributed by atoms with van der Waals surface area (Å²) in [6.45, 7) is 6.63. The zero-order chi connectivity index (χ0) is 12.8. The topological polar surface area (TPSA) is 84.1 Å². The van der Waals surface area contributed by atoms with E-state index >= 15 is 0 Å². The Morgan fingerprint density at radius 2 is 2.12 bits per heavy atom. The van der Waals surface area contributed by atoms with Crippen molar-refractivity contribution in [1.82, 2.24) is 9.97 Å². The summed E-state index contributed by atoms with van der Waals surface area (Å²) in [7, 11) is 0. The molecule has 0 spiro atoms. The van der Waals surface area contributed by atoms with Gasteiger partial charge in [-0.1, -0.05) is 27.2 Å². The Hall–Kier alpha value is -1.36. The summed E-state index contributed by atoms with van der Waals surface area (Å²) in [5, 5.41) is 12.8. The van der Waals surface area contributed by atoms with E-state index in [-0.39, 0.29) is 12.0 Å². The summed E-state index contributed by atoms with van der Waals surface area (Å²) < 4.78 is 0. The molecule has 1 rings (SSSR count). The molecule has 0 amide bonds. The van der Waals surface area contributed by atoms with Gasteiger partial charge in [0.25, 0.3) is 0 Å². The van der Waals surface area contributed by atoms with E-state index in [0.29, 0.717) is 12.4 Å². The smallest absolute Gasteiger partial charge is 0.135 e. The van der Waals surface area contributed by atoms with Crippen molar-refractivity contribution in [3.8, 4) is 0 Å². The van der Waals surface area contributed by atoms with Crippen molar-refractivity contribution in [3.05, 3.63) is 11.9 Å². The van der Waals surface area contributed by atoms with Gasteiger partial charge in [-0.2, -0.15) is 0 Å². The molecule has 0 saturated heterocycles. The standard InChI is InChI=1S/C12H22N4O/c1-4-5-9(17)6-14-12-10(8(2)3)11(13)15-7-16-12/h7-9,17H,4-6H2,1-3H3,(H3,13,14,15,16). The second-order valence-corrected chi connectivity index (χ2v) is 4.50. The highest BCUT2D eigenvalue weighted by molar-refractivity contribution is 5.56. The number of hydrogen-bond donors (Lipinski definition) is 3. The van der Waals surface area contributed by atoms with Crippen LogP contribution in [0, 0.1) is 0 Å². The average molecular weight is 238 g/mol. The molecular formula is C12H22N4O. The molecule has 5 nitrogen and oxygen atoms in total. The Labute approximate surface area is 102 Å². The van der Waals surface area contributed by atoms with E-state index < -0.39 is 0 Å². The molecule has 17 heavy (non-hydrogen) atoms. The highest BCUT2D eigenvalue weighted by Crippen LogP contribution is 2.26. The minimum atomic E-state index is -0.351. The van der Waals surface area contributed by atoms with Gasteiger partial charge in [0.05, 0.1) is 6.10 Å². The van der Waals surface area contributed by atoms with Crippen LogP contribution < -0.4 is 11.1 Å². The number of aromatic nitrogens is 2. The first-order valence-electron chi connectivity index (χ1n) is 6.08. The van der Waals surface area contributed by atoms with Crippen molar-refractivity contribution in [1.29, 1.82) is 0 Å². The van der Waals surface area contributed by atoms with E-state index in [2.05, 4.69) is 15.3 Å². The van der Waals surface area contributed by atoms with E-state index in [4.69, 9.17) is 5.73 Å². The molecule has 0 saturated carbocycles. The molecule has 1 unspecified atom stereocenters. The van der Waals surface area contributed by atoms with Gasteiger partial charge in [-0.25, -0.2) is 9.97 Å². The van der Waals surface area contributed by atoms with Crippen LogP contribution in [0.4, 0.5) is 11.6 Å². The molecule has 1 heterocycles. The van der Waals surface area contributed by atoms with Crippen LogP contribution >= 0.6 is 0 Å². The third kappa shape index (κ3) is 3.85. The van der Waals surface area contributed by atoms with E-state index in [1.54, 1.807) is 0 Å². The second-order valence-electron chi connectivity index (χ2n) is 4.50. The molecule has 1 aromatic rings. The zero-order valence-corrected chi connectivity index (χ0v) is 10.8. The number of aliphatic hydroxyl groups is 1. The Kier molecular flexibility index (Phi) is 5.15. The highest BCUT2D eigenvalue weighted by Gasteiger charge is 2.13. The number of aliphatic hydroxyl groups excluding tert-OH is 1. The van der Waals surface area contributed by atoms with E-state index in [1.165, 1.54) is 6.33 Å². The number of rotatable bonds is 6. The van der Waals surface area contributed by atoms with Crippen LogP contribution in [-0.4, -0.2) is 27.7 Å². The van der Waals surface area contributed by atoms with Gasteiger partial charge in [0.15, 0.2) is 0 Å². The molecule has 1 aromatic heterocycles. The van der Waals surface area contributed by atoms with Crippen molar-refractivity contribution in [2.45, 2.75) is 45.6 Å². The van der Waals surface area contributed by atoms with Crippen molar-refractivity contribution >= 4 is 11.6 Å². The van der Waals surface area contributed by atoms with Crippen LogP contribution in [0.3, 0.4) is 0 Å². The van der Waals surface area contributed by atoms with Gasteiger partial charge in [-0.3, -0.25) is 0 Å². The molecule has 5 heteroatoms. The van der Waals surface area contributed by atoms with Crippen molar-refractivity contribution in [2.24, 2.45) is 0 Å². The molecule has 0 aliphatic heterocycles. The lowest BCUT2D eigenvalue weighted by atomic mass is 10.0. The molecule has 0 aliphatic rings. The summed E-state index contributed by atoms with van der Waals surface area (Å²) in [4.78, 5) is 8.17. The fourth-order valence-electron chi connectivity index (χ4n) is 1.77. The van der Waals surface area contributed by atoms with Crippen molar-refractivity contribution in [2.75, 3.05) is 17.6 Å². The van der Waals surface area contributed by atoms with Gasteiger partial charge in [-0.15, -0.1) is 0 Å². The maximum absolute atomic E-state index is 9.67. The largest absolute Gasteiger partial charge is 0.391 e. The van der Waals surface area contributed by atoms with Crippen molar-refractivity contribution in [3.63, 3.8) is 0 Å². The summed E-state index contributed by atoms with van der Waals surface area (Å²) in [5.41, 5.74) is 6.75. The monoisotopic (exact) mass is 238 g/mol. The summed E-state index contributed by atoms with van der Waals surface area (Å²) in [6.07, 6.45) is 2.84. The van der Waals surface area contributed by atoms with E-state index in [0.717, 1.165) is 24.2 Å². The molecule has 96 valence electrons. The molecule has 0 aromatic carbocycles. The second kappa shape index (κ2) is 6.39. The predicted molar refractivity (Wildman–Crippen MR) is 69.9 cm³/mol. The first-order chi connectivity index (χ1) is 8.06. The average Bonchev–Trinajstić information content (AvgIpc) is 2.26. The van der Waals surface area contributed by atoms with Gasteiger partial charge in [0, 0.05) is 12.1 Å². The normalized spacial score (nSPS) is 12.8. The number of anilines is 2. The van der Waals surface area contributed by atoms with Crippen LogP contribution in [0.15, 0.2) is 6.33 Å². The van der Waals surface area contributed by atoms with Crippen LogP contribution in [0.1, 0.15) is 45.1 Å². The lowest BCUT2D eigenvalue weighted by Crippen LogP contribution is -2.21. The Balaban J connectivity index is 2.73. The Bertz CT molecular complexity index is 354. The number of nitrogen functional groups attached to an aromatic ring is 1. The van der Waals surface area contributed by atoms with Crippen LogP contribution in [0.2, 0.25) is 0 Å². The van der Waals surface area contributed by atoms with Crippen molar-refractivity contribution < 1.29 is 5.11 Å². The first kappa shape index (κ1) is 13.7. The summed E-state index contributed by atoms with van der Waals surface area (Å²) >= 11 is 0. The molecule has 0 fully saturated rings. The summed E-state index contributed by atoms with van der Waals surface area (Å²) in [6, 6.07) is 0. The highest BCUT2D eigenvalue weighted by atomic mass is 16.3. The fourth-order valence-corrected chi connectivity index (χ4v) is 1.77. The number of hydrogen-bond acceptors (Lipinski definition) is 5. The molecule has 1 atom stereocenters. The number of nitrogens with zero attached hydrogens (tertiary/aromatic N) is 2. The number of nitrogens with two attached hydrogens (primary N) is 1. The van der Waals surface area contributed by atoms with E-state index in [9.17, 15) is 5.11 Å².